The molecule has 0 spiro atoms. The van der Waals surface area contributed by atoms with Gasteiger partial charge in [-0.1, -0.05) is 0 Å². The number of aromatic nitrogens is 4. The first-order chi connectivity index (χ1) is 16.0. The summed E-state index contributed by atoms with van der Waals surface area (Å²) in [6.07, 6.45) is 5.87. The predicted molar refractivity (Wildman–Crippen MR) is 130 cm³/mol. The highest BCUT2D eigenvalue weighted by atomic mass is 16.2. The molecule has 174 valence electrons. The first kappa shape index (κ1) is 21.4. The van der Waals surface area contributed by atoms with Crippen LogP contribution in [0.1, 0.15) is 23.3 Å². The summed E-state index contributed by atoms with van der Waals surface area (Å²) < 4.78 is 1.96. The van der Waals surface area contributed by atoms with Gasteiger partial charge in [-0.2, -0.15) is 4.98 Å². The van der Waals surface area contributed by atoms with Crippen LogP contribution in [0.15, 0.2) is 30.6 Å². The number of hydrogen-bond acceptors (Lipinski definition) is 8. The average molecular weight is 450 g/mol. The molecule has 0 bridgehead atoms. The quantitative estimate of drug-likeness (QED) is 0.631. The zero-order valence-corrected chi connectivity index (χ0v) is 19.5. The Labute approximate surface area is 193 Å². The number of carbonyl (C=O) groups is 1. The fraction of sp³-hybridized carbons (Fsp3) is 0.478. The van der Waals surface area contributed by atoms with Crippen molar-refractivity contribution < 1.29 is 4.79 Å². The number of nitrogens with zero attached hydrogens (tertiary/aromatic N) is 8. The minimum atomic E-state index is -0.0458. The van der Waals surface area contributed by atoms with E-state index in [1.165, 1.54) is 0 Å². The van der Waals surface area contributed by atoms with Crippen molar-refractivity contribution in [3.8, 4) is 0 Å². The van der Waals surface area contributed by atoms with E-state index in [4.69, 9.17) is 4.98 Å². The van der Waals surface area contributed by atoms with Crippen LogP contribution < -0.4 is 15.2 Å². The summed E-state index contributed by atoms with van der Waals surface area (Å²) in [5.41, 5.74) is 2.46. The highest BCUT2D eigenvalue weighted by Gasteiger charge is 2.24. The van der Waals surface area contributed by atoms with Crippen LogP contribution in [-0.4, -0.2) is 95.7 Å². The number of hydrogen-bond donors (Lipinski definition) is 1. The SMILES string of the molecule is CN1CCN(c2ccc(Nc3ncc4cc(C(=O)N(C)C)n(N5CCCC5)c4n3)nc2)CC1. The number of piperazine rings is 1. The molecule has 0 atom stereocenters. The van der Waals surface area contributed by atoms with Gasteiger partial charge in [-0.15, -0.1) is 0 Å². The minimum absolute atomic E-state index is 0.0458. The summed E-state index contributed by atoms with van der Waals surface area (Å²) >= 11 is 0. The Morgan fingerprint density at radius 2 is 1.76 bits per heavy atom. The Morgan fingerprint density at radius 3 is 2.42 bits per heavy atom. The number of likely N-dealkylation sites (N-methyl/N-ethyl adjacent to an activating group) is 1. The van der Waals surface area contributed by atoms with E-state index >= 15 is 0 Å². The largest absolute Gasteiger partial charge is 0.368 e. The molecular formula is C23H31N9O. The molecule has 1 amide bonds. The van der Waals surface area contributed by atoms with Crippen LogP contribution in [0.2, 0.25) is 0 Å². The predicted octanol–water partition coefficient (Wildman–Crippen LogP) is 1.76. The van der Waals surface area contributed by atoms with Crippen molar-refractivity contribution in [2.75, 3.05) is 75.6 Å². The van der Waals surface area contributed by atoms with Gasteiger partial charge in [0.05, 0.1) is 11.9 Å². The van der Waals surface area contributed by atoms with Crippen molar-refractivity contribution in [3.05, 3.63) is 36.3 Å². The fourth-order valence-corrected chi connectivity index (χ4v) is 4.43. The van der Waals surface area contributed by atoms with E-state index in [2.05, 4.69) is 43.2 Å². The zero-order valence-electron chi connectivity index (χ0n) is 19.5. The van der Waals surface area contributed by atoms with Crippen LogP contribution in [0, 0.1) is 0 Å². The lowest BCUT2D eigenvalue weighted by Crippen LogP contribution is -2.44. The second kappa shape index (κ2) is 8.86. The molecule has 2 aliphatic rings. The highest BCUT2D eigenvalue weighted by Crippen LogP contribution is 2.24. The Kier molecular flexibility index (Phi) is 5.76. The highest BCUT2D eigenvalue weighted by molar-refractivity contribution is 5.98. The standard InChI is InChI=1S/C23H31N9O/c1-28(2)22(33)19-14-17-15-25-23(27-21(17)32(19)31-8-4-5-9-31)26-20-7-6-18(16-24-20)30-12-10-29(3)11-13-30/h6-7,14-16H,4-5,8-13H2,1-3H3,(H,24,25,26,27). The molecule has 10 heteroatoms. The first-order valence-electron chi connectivity index (χ1n) is 11.5. The zero-order chi connectivity index (χ0) is 22.9. The van der Waals surface area contributed by atoms with Crippen molar-refractivity contribution in [1.29, 1.82) is 0 Å². The number of fused-ring (bicyclic) bond motifs is 1. The van der Waals surface area contributed by atoms with Gasteiger partial charge in [0.2, 0.25) is 5.95 Å². The molecule has 33 heavy (non-hydrogen) atoms. The van der Waals surface area contributed by atoms with Crippen LogP contribution in [0.4, 0.5) is 17.5 Å². The fourth-order valence-electron chi connectivity index (χ4n) is 4.43. The van der Waals surface area contributed by atoms with Gasteiger partial charge in [0.1, 0.15) is 11.5 Å². The number of nitrogens with one attached hydrogen (secondary N) is 1. The number of carbonyl (C=O) groups excluding carboxylic acids is 1. The average Bonchev–Trinajstić information content (AvgIpc) is 3.47. The minimum Gasteiger partial charge on any atom is -0.368 e. The monoisotopic (exact) mass is 449 g/mol. The molecule has 3 aromatic rings. The van der Waals surface area contributed by atoms with Crippen molar-refractivity contribution in [2.45, 2.75) is 12.8 Å². The summed E-state index contributed by atoms with van der Waals surface area (Å²) in [5, 5.41) is 6.26. The second-order valence-corrected chi connectivity index (χ2v) is 8.99. The second-order valence-electron chi connectivity index (χ2n) is 8.99. The van der Waals surface area contributed by atoms with Gasteiger partial charge in [-0.3, -0.25) is 4.79 Å². The molecule has 0 radical (unpaired) electrons. The summed E-state index contributed by atoms with van der Waals surface area (Å²) in [6, 6.07) is 5.92. The van der Waals surface area contributed by atoms with Crippen molar-refractivity contribution >= 4 is 34.4 Å². The van der Waals surface area contributed by atoms with Gasteiger partial charge in [0.15, 0.2) is 5.65 Å². The smallest absolute Gasteiger partial charge is 0.272 e. The van der Waals surface area contributed by atoms with Crippen LogP contribution in [0.25, 0.3) is 11.0 Å². The number of pyridine rings is 1. The Hall–Kier alpha value is -3.40. The summed E-state index contributed by atoms with van der Waals surface area (Å²) in [7, 11) is 5.69. The third kappa shape index (κ3) is 4.30. The van der Waals surface area contributed by atoms with E-state index in [0.717, 1.165) is 68.8 Å². The lowest BCUT2D eigenvalue weighted by molar-refractivity contribution is 0.0817. The maximum atomic E-state index is 12.8. The van der Waals surface area contributed by atoms with E-state index in [9.17, 15) is 4.79 Å². The van der Waals surface area contributed by atoms with Gasteiger partial charge < -0.3 is 25.0 Å². The normalized spacial score (nSPS) is 17.1. The third-order valence-electron chi connectivity index (χ3n) is 6.36. The van der Waals surface area contributed by atoms with Crippen molar-refractivity contribution in [1.82, 2.24) is 29.4 Å². The van der Waals surface area contributed by atoms with E-state index in [0.29, 0.717) is 17.5 Å². The Balaban J connectivity index is 1.41. The van der Waals surface area contributed by atoms with Crippen LogP contribution in [0.5, 0.6) is 0 Å². The Bertz CT molecular complexity index is 1130. The lowest BCUT2D eigenvalue weighted by Gasteiger charge is -2.33. The molecule has 2 fully saturated rings. The maximum Gasteiger partial charge on any atom is 0.272 e. The lowest BCUT2D eigenvalue weighted by atomic mass is 10.3. The van der Waals surface area contributed by atoms with Crippen LogP contribution in [-0.2, 0) is 0 Å². The van der Waals surface area contributed by atoms with Gasteiger partial charge in [-0.05, 0) is 38.1 Å². The number of rotatable bonds is 5. The maximum absolute atomic E-state index is 12.8. The van der Waals surface area contributed by atoms with E-state index in [1.54, 1.807) is 25.2 Å². The van der Waals surface area contributed by atoms with Gasteiger partial charge in [-0.25, -0.2) is 14.6 Å². The van der Waals surface area contributed by atoms with Crippen LogP contribution >= 0.6 is 0 Å². The molecule has 0 saturated carbocycles. The van der Waals surface area contributed by atoms with Crippen LogP contribution in [0.3, 0.4) is 0 Å². The van der Waals surface area contributed by atoms with E-state index in [-0.39, 0.29) is 5.91 Å². The van der Waals surface area contributed by atoms with Crippen molar-refractivity contribution in [3.63, 3.8) is 0 Å². The molecular weight excluding hydrogens is 418 g/mol. The van der Waals surface area contributed by atoms with E-state index in [1.807, 2.05) is 23.0 Å². The van der Waals surface area contributed by atoms with Gasteiger partial charge >= 0.3 is 0 Å². The van der Waals surface area contributed by atoms with Gasteiger partial charge in [0, 0.05) is 64.9 Å². The molecule has 10 nitrogen and oxygen atoms in total. The van der Waals surface area contributed by atoms with Gasteiger partial charge in [0.25, 0.3) is 5.91 Å². The number of amides is 1. The molecule has 2 aliphatic heterocycles. The molecule has 3 aromatic heterocycles. The first-order valence-corrected chi connectivity index (χ1v) is 11.5. The molecule has 0 unspecified atom stereocenters. The summed E-state index contributed by atoms with van der Waals surface area (Å²) in [4.78, 5) is 33.0. The summed E-state index contributed by atoms with van der Waals surface area (Å²) in [6.45, 7) is 5.93. The Morgan fingerprint density at radius 1 is 1.00 bits per heavy atom. The molecule has 5 rings (SSSR count). The molecule has 0 aromatic carbocycles. The molecule has 5 heterocycles. The summed E-state index contributed by atoms with van der Waals surface area (Å²) in [5.74, 6) is 1.11. The third-order valence-corrected chi connectivity index (χ3v) is 6.36. The number of anilines is 3. The van der Waals surface area contributed by atoms with Crippen molar-refractivity contribution in [2.24, 2.45) is 0 Å². The molecule has 0 aliphatic carbocycles. The van der Waals surface area contributed by atoms with E-state index < -0.39 is 0 Å². The molecule has 1 N–H and O–H groups in total. The topological polar surface area (TPSA) is 85.7 Å². The molecule has 2 saturated heterocycles.